The van der Waals surface area contributed by atoms with Crippen LogP contribution in [0.3, 0.4) is 0 Å². The Labute approximate surface area is 127 Å². The third-order valence-electron chi connectivity index (χ3n) is 2.38. The van der Waals surface area contributed by atoms with Gasteiger partial charge in [0, 0.05) is 15.4 Å². The molecule has 1 heterocycles. The Morgan fingerprint density at radius 2 is 2.11 bits per heavy atom. The highest BCUT2D eigenvalue weighted by Gasteiger charge is 2.13. The maximum atomic E-state index is 9.57. The fourth-order valence-electron chi connectivity index (χ4n) is 1.44. The number of alkyl halides is 1. The van der Waals surface area contributed by atoms with Crippen molar-refractivity contribution in [3.63, 3.8) is 0 Å². The van der Waals surface area contributed by atoms with Crippen molar-refractivity contribution in [2.75, 3.05) is 5.88 Å². The summed E-state index contributed by atoms with van der Waals surface area (Å²) in [4.78, 5) is 4.35. The minimum absolute atomic E-state index is 0.101. The van der Waals surface area contributed by atoms with Gasteiger partial charge < -0.3 is 5.11 Å². The summed E-state index contributed by atoms with van der Waals surface area (Å²) >= 11 is 10.2. The van der Waals surface area contributed by atoms with Crippen LogP contribution in [0.2, 0.25) is 0 Å². The maximum Gasteiger partial charge on any atom is 0.138 e. The van der Waals surface area contributed by atoms with E-state index in [9.17, 15) is 5.11 Å². The van der Waals surface area contributed by atoms with E-state index in [2.05, 4.69) is 20.9 Å². The largest absolute Gasteiger partial charge is 0.510 e. The van der Waals surface area contributed by atoms with Crippen LogP contribution in [0, 0.1) is 11.3 Å². The molecular weight excluding hydrogens is 348 g/mol. The lowest BCUT2D eigenvalue weighted by Crippen LogP contribution is -1.90. The lowest BCUT2D eigenvalue weighted by Gasteiger charge is -1.98. The number of hydrogen-bond acceptors (Lipinski definition) is 4. The molecule has 0 aliphatic carbocycles. The van der Waals surface area contributed by atoms with Gasteiger partial charge in [-0.15, -0.1) is 22.9 Å². The third kappa shape index (κ3) is 3.16. The number of halogens is 2. The molecule has 0 radical (unpaired) electrons. The van der Waals surface area contributed by atoms with Crippen molar-refractivity contribution in [3.8, 4) is 17.3 Å². The molecule has 0 atom stereocenters. The van der Waals surface area contributed by atoms with Gasteiger partial charge in [-0.25, -0.2) is 4.98 Å². The number of allylic oxidation sites excluding steroid dienone is 2. The zero-order valence-corrected chi connectivity index (χ0v) is 12.8. The molecule has 1 aromatic carbocycles. The minimum Gasteiger partial charge on any atom is -0.510 e. The van der Waals surface area contributed by atoms with E-state index in [1.165, 1.54) is 11.3 Å². The third-order valence-corrected chi connectivity index (χ3v) is 4.03. The van der Waals surface area contributed by atoms with Gasteiger partial charge >= 0.3 is 0 Å². The molecule has 19 heavy (non-hydrogen) atoms. The second-order valence-electron chi connectivity index (χ2n) is 3.61. The fourth-order valence-corrected chi connectivity index (χ4v) is 2.69. The van der Waals surface area contributed by atoms with Gasteiger partial charge in [-0.1, -0.05) is 28.1 Å². The second-order valence-corrected chi connectivity index (χ2v) is 5.65. The van der Waals surface area contributed by atoms with E-state index >= 15 is 0 Å². The van der Waals surface area contributed by atoms with Crippen LogP contribution in [0.4, 0.5) is 0 Å². The molecule has 0 aliphatic heterocycles. The Bertz CT molecular complexity index is 658. The minimum atomic E-state index is -0.152. The molecule has 1 N–H and O–H groups in total. The Hall–Kier alpha value is -1.35. The molecule has 0 fully saturated rings. The Morgan fingerprint density at radius 1 is 1.42 bits per heavy atom. The zero-order valence-electron chi connectivity index (χ0n) is 9.60. The summed E-state index contributed by atoms with van der Waals surface area (Å²) in [5, 5.41) is 20.9. The molecular formula is C13H8BrClN2OS. The molecule has 0 unspecified atom stereocenters. The summed E-state index contributed by atoms with van der Waals surface area (Å²) in [7, 11) is 0. The quantitative estimate of drug-likeness (QED) is 0.497. The molecule has 0 saturated carbocycles. The number of aliphatic hydroxyl groups excluding tert-OH is 1. The van der Waals surface area contributed by atoms with Gasteiger partial charge in [0.15, 0.2) is 0 Å². The first-order chi connectivity index (χ1) is 9.15. The van der Waals surface area contributed by atoms with Gasteiger partial charge in [-0.05, 0) is 12.1 Å². The summed E-state index contributed by atoms with van der Waals surface area (Å²) in [5.74, 6) is -0.253. The molecule has 1 aromatic heterocycles. The highest BCUT2D eigenvalue weighted by Crippen LogP contribution is 2.28. The van der Waals surface area contributed by atoms with Crippen molar-refractivity contribution in [3.05, 3.63) is 44.9 Å². The summed E-state index contributed by atoms with van der Waals surface area (Å²) in [6.45, 7) is 0. The van der Waals surface area contributed by atoms with Crippen molar-refractivity contribution < 1.29 is 5.11 Å². The number of thiazole rings is 1. The smallest absolute Gasteiger partial charge is 0.138 e. The molecule has 0 spiro atoms. The van der Waals surface area contributed by atoms with Crippen LogP contribution in [0.5, 0.6) is 0 Å². The number of hydrogen-bond donors (Lipinski definition) is 1. The van der Waals surface area contributed by atoms with Crippen molar-refractivity contribution in [1.29, 1.82) is 5.26 Å². The molecule has 6 heteroatoms. The average Bonchev–Trinajstić information content (AvgIpc) is 2.89. The first kappa shape index (κ1) is 14.1. The number of nitrogens with zero attached hydrogens (tertiary/aromatic N) is 2. The predicted molar refractivity (Wildman–Crippen MR) is 81.1 cm³/mol. The van der Waals surface area contributed by atoms with Crippen LogP contribution in [0.1, 0.15) is 5.01 Å². The van der Waals surface area contributed by atoms with E-state index in [-0.39, 0.29) is 17.2 Å². The Morgan fingerprint density at radius 3 is 2.68 bits per heavy atom. The molecule has 0 bridgehead atoms. The van der Waals surface area contributed by atoms with Crippen LogP contribution in [-0.4, -0.2) is 16.0 Å². The molecule has 96 valence electrons. The van der Waals surface area contributed by atoms with Crippen molar-refractivity contribution in [2.45, 2.75) is 0 Å². The zero-order chi connectivity index (χ0) is 13.8. The van der Waals surface area contributed by atoms with Gasteiger partial charge in [0.2, 0.25) is 0 Å². The van der Waals surface area contributed by atoms with Crippen LogP contribution in [0.25, 0.3) is 16.8 Å². The van der Waals surface area contributed by atoms with Gasteiger partial charge in [0.25, 0.3) is 0 Å². The van der Waals surface area contributed by atoms with Gasteiger partial charge in [0.05, 0.1) is 11.6 Å². The highest BCUT2D eigenvalue weighted by molar-refractivity contribution is 9.10. The van der Waals surface area contributed by atoms with Crippen molar-refractivity contribution in [1.82, 2.24) is 4.98 Å². The fraction of sp³-hybridized carbons (Fsp3) is 0.0769. The van der Waals surface area contributed by atoms with Crippen LogP contribution in [-0.2, 0) is 0 Å². The first-order valence-electron chi connectivity index (χ1n) is 5.25. The highest BCUT2D eigenvalue weighted by atomic mass is 79.9. The maximum absolute atomic E-state index is 9.57. The molecule has 2 aromatic rings. The molecule has 0 aliphatic rings. The molecule has 3 nitrogen and oxygen atoms in total. The summed E-state index contributed by atoms with van der Waals surface area (Å²) in [6.07, 6.45) is 0. The number of nitriles is 1. The van der Waals surface area contributed by atoms with E-state index < -0.39 is 0 Å². The molecule has 0 saturated heterocycles. The van der Waals surface area contributed by atoms with E-state index in [1.807, 2.05) is 35.7 Å². The van der Waals surface area contributed by atoms with Gasteiger partial charge in [0.1, 0.15) is 22.4 Å². The van der Waals surface area contributed by atoms with E-state index in [0.717, 1.165) is 15.7 Å². The monoisotopic (exact) mass is 354 g/mol. The van der Waals surface area contributed by atoms with Crippen LogP contribution >= 0.6 is 38.9 Å². The van der Waals surface area contributed by atoms with Crippen LogP contribution < -0.4 is 0 Å². The lowest BCUT2D eigenvalue weighted by molar-refractivity contribution is 0.420. The molecule has 2 rings (SSSR count). The Balaban J connectivity index is 2.39. The summed E-state index contributed by atoms with van der Waals surface area (Å²) in [6, 6.07) is 9.63. The van der Waals surface area contributed by atoms with Gasteiger partial charge in [-0.2, -0.15) is 5.26 Å². The van der Waals surface area contributed by atoms with Crippen molar-refractivity contribution in [2.24, 2.45) is 0 Å². The van der Waals surface area contributed by atoms with E-state index in [4.69, 9.17) is 16.9 Å². The predicted octanol–water partition coefficient (Wildman–Crippen LogP) is 4.60. The summed E-state index contributed by atoms with van der Waals surface area (Å²) in [5.41, 5.74) is 1.85. The van der Waals surface area contributed by atoms with Crippen LogP contribution in [0.15, 0.2) is 39.9 Å². The average molecular weight is 356 g/mol. The number of rotatable bonds is 3. The topological polar surface area (TPSA) is 56.9 Å². The SMILES string of the molecule is N#C/C(=C(/O)CCl)c1nc(-c2ccc(Br)cc2)cs1. The Kier molecular flexibility index (Phi) is 4.59. The molecule has 0 amide bonds. The number of aliphatic hydroxyl groups is 1. The van der Waals surface area contributed by atoms with Crippen molar-refractivity contribution >= 4 is 44.4 Å². The first-order valence-corrected chi connectivity index (χ1v) is 7.46. The number of aromatic nitrogens is 1. The van der Waals surface area contributed by atoms with E-state index in [0.29, 0.717) is 5.01 Å². The summed E-state index contributed by atoms with van der Waals surface area (Å²) < 4.78 is 0.990. The van der Waals surface area contributed by atoms with Gasteiger partial charge in [-0.3, -0.25) is 0 Å². The normalized spacial score (nSPS) is 11.8. The second kappa shape index (κ2) is 6.20. The standard InChI is InChI=1S/C13H8BrClN2OS/c14-9-3-1-8(2-4-9)11-7-19-13(17-11)10(6-16)12(18)5-15/h1-4,7,18H,5H2/b12-10-. The van der Waals surface area contributed by atoms with E-state index in [1.54, 1.807) is 0 Å². The number of benzene rings is 1. The lowest BCUT2D eigenvalue weighted by atomic mass is 10.2.